The summed E-state index contributed by atoms with van der Waals surface area (Å²) in [6, 6.07) is 18.7. The summed E-state index contributed by atoms with van der Waals surface area (Å²) in [5, 5.41) is 9.51. The summed E-state index contributed by atoms with van der Waals surface area (Å²) < 4.78 is 5.62. The molecule has 0 spiro atoms. The van der Waals surface area contributed by atoms with E-state index in [0.29, 0.717) is 11.1 Å². The molecular weight excluding hydrogens is 288 g/mol. The molecule has 0 fully saturated rings. The van der Waals surface area contributed by atoms with Gasteiger partial charge in [0.1, 0.15) is 5.52 Å². The third kappa shape index (κ3) is 2.62. The summed E-state index contributed by atoms with van der Waals surface area (Å²) in [6.07, 6.45) is 0. The summed E-state index contributed by atoms with van der Waals surface area (Å²) in [7, 11) is 0. The minimum Gasteiger partial charge on any atom is -0.439 e. The first-order valence-corrected chi connectivity index (χ1v) is 7.39. The first-order valence-electron chi connectivity index (χ1n) is 7.39. The number of aromatic nitrogens is 1. The molecule has 0 N–H and O–H groups in total. The van der Waals surface area contributed by atoms with Crippen LogP contribution in [0.3, 0.4) is 0 Å². The van der Waals surface area contributed by atoms with Crippen LogP contribution in [-0.4, -0.2) is 10.8 Å². The number of carbonyl (C=O) groups is 1. The Balaban J connectivity index is 2.00. The van der Waals surface area contributed by atoms with Crippen molar-refractivity contribution < 1.29 is 9.21 Å². The number of hydrogen-bond acceptors (Lipinski definition) is 4. The fraction of sp³-hybridized carbons (Fsp3) is 0.211. The normalized spacial score (nSPS) is 12.7. The molecular formula is C19H16N2O2. The van der Waals surface area contributed by atoms with Crippen LogP contribution >= 0.6 is 0 Å². The van der Waals surface area contributed by atoms with Gasteiger partial charge in [-0.3, -0.25) is 4.79 Å². The zero-order valence-electron chi connectivity index (χ0n) is 13.0. The molecule has 3 rings (SSSR count). The third-order valence-electron chi connectivity index (χ3n) is 4.06. The zero-order valence-corrected chi connectivity index (χ0v) is 13.0. The van der Waals surface area contributed by atoms with Gasteiger partial charge >= 0.3 is 0 Å². The summed E-state index contributed by atoms with van der Waals surface area (Å²) in [6.45, 7) is 3.63. The molecule has 114 valence electrons. The Bertz CT molecular complexity index is 855. The van der Waals surface area contributed by atoms with Gasteiger partial charge in [-0.25, -0.2) is 4.98 Å². The average Bonchev–Trinajstić information content (AvgIpc) is 2.99. The predicted octanol–water partition coefficient (Wildman–Crippen LogP) is 3.98. The molecule has 0 bridgehead atoms. The molecule has 1 aromatic heterocycles. The summed E-state index contributed by atoms with van der Waals surface area (Å²) in [5.74, 6) is -1.10. The Morgan fingerprint density at radius 2 is 1.78 bits per heavy atom. The van der Waals surface area contributed by atoms with Gasteiger partial charge in [0.05, 0.1) is 11.5 Å². The van der Waals surface area contributed by atoms with Crippen molar-refractivity contribution in [3.63, 3.8) is 0 Å². The van der Waals surface area contributed by atoms with Gasteiger partial charge < -0.3 is 4.42 Å². The van der Waals surface area contributed by atoms with E-state index in [1.54, 1.807) is 12.1 Å². The molecule has 0 saturated heterocycles. The van der Waals surface area contributed by atoms with E-state index in [1.807, 2.05) is 62.4 Å². The molecule has 0 radical (unpaired) electrons. The second-order valence-electron chi connectivity index (χ2n) is 5.94. The number of hydrogen-bond donors (Lipinski definition) is 0. The van der Waals surface area contributed by atoms with E-state index in [2.05, 4.69) is 4.98 Å². The maximum absolute atomic E-state index is 13.0. The smallest absolute Gasteiger partial charge is 0.220 e. The number of ketones is 1. The monoisotopic (exact) mass is 304 g/mol. The number of Topliss-reactive ketones (excluding diaryl/α,β-unsaturated/α-hetero) is 1. The van der Waals surface area contributed by atoms with Gasteiger partial charge in [-0.2, -0.15) is 5.26 Å². The van der Waals surface area contributed by atoms with Crippen molar-refractivity contribution in [1.82, 2.24) is 4.98 Å². The SMILES string of the molecule is CC(C)(C(=O)[C@H](C#N)c1nc2ccccc2o1)c1ccccc1. The molecule has 4 heteroatoms. The molecule has 0 saturated carbocycles. The maximum atomic E-state index is 13.0. The van der Waals surface area contributed by atoms with E-state index in [0.717, 1.165) is 5.56 Å². The van der Waals surface area contributed by atoms with Gasteiger partial charge in [0, 0.05) is 0 Å². The van der Waals surface area contributed by atoms with Crippen LogP contribution < -0.4 is 0 Å². The number of nitriles is 1. The number of rotatable bonds is 4. The fourth-order valence-electron chi connectivity index (χ4n) is 2.60. The number of oxazole rings is 1. The number of para-hydroxylation sites is 2. The fourth-order valence-corrected chi connectivity index (χ4v) is 2.60. The predicted molar refractivity (Wildman–Crippen MR) is 86.8 cm³/mol. The lowest BCUT2D eigenvalue weighted by Crippen LogP contribution is -2.33. The Morgan fingerprint density at radius 1 is 1.13 bits per heavy atom. The second-order valence-corrected chi connectivity index (χ2v) is 5.94. The van der Waals surface area contributed by atoms with Crippen molar-refractivity contribution in [1.29, 1.82) is 5.26 Å². The molecule has 4 nitrogen and oxygen atoms in total. The Labute approximate surface area is 134 Å². The van der Waals surface area contributed by atoms with E-state index in [4.69, 9.17) is 4.42 Å². The van der Waals surface area contributed by atoms with Gasteiger partial charge in [0.2, 0.25) is 5.89 Å². The highest BCUT2D eigenvalue weighted by Gasteiger charge is 2.38. The van der Waals surface area contributed by atoms with Crippen LogP contribution in [0.5, 0.6) is 0 Å². The maximum Gasteiger partial charge on any atom is 0.220 e. The van der Waals surface area contributed by atoms with Gasteiger partial charge in [-0.15, -0.1) is 0 Å². The van der Waals surface area contributed by atoms with Crippen molar-refractivity contribution in [2.24, 2.45) is 0 Å². The number of benzene rings is 2. The highest BCUT2D eigenvalue weighted by atomic mass is 16.3. The zero-order chi connectivity index (χ0) is 16.4. The topological polar surface area (TPSA) is 66.9 Å². The quantitative estimate of drug-likeness (QED) is 0.731. The highest BCUT2D eigenvalue weighted by Crippen LogP contribution is 2.32. The lowest BCUT2D eigenvalue weighted by atomic mass is 9.76. The number of fused-ring (bicyclic) bond motifs is 1. The minimum absolute atomic E-state index is 0.155. The Kier molecular flexibility index (Phi) is 3.71. The second kappa shape index (κ2) is 5.69. The standard InChI is InChI=1S/C19H16N2O2/c1-19(2,13-8-4-3-5-9-13)17(22)14(12-20)18-21-15-10-6-7-11-16(15)23-18/h3-11,14H,1-2H3/t14-/m0/s1. The number of carbonyl (C=O) groups excluding carboxylic acids is 1. The van der Waals surface area contributed by atoms with Crippen molar-refractivity contribution in [3.05, 3.63) is 66.1 Å². The van der Waals surface area contributed by atoms with E-state index >= 15 is 0 Å². The van der Waals surface area contributed by atoms with Crippen molar-refractivity contribution in [3.8, 4) is 6.07 Å². The molecule has 1 heterocycles. The molecule has 2 aromatic carbocycles. The van der Waals surface area contributed by atoms with Crippen LogP contribution in [0.4, 0.5) is 0 Å². The van der Waals surface area contributed by atoms with Gasteiger partial charge in [-0.1, -0.05) is 42.5 Å². The first-order chi connectivity index (χ1) is 11.0. The van der Waals surface area contributed by atoms with Gasteiger partial charge in [0.15, 0.2) is 17.3 Å². The molecule has 0 aliphatic carbocycles. The van der Waals surface area contributed by atoms with Crippen LogP contribution in [0.2, 0.25) is 0 Å². The highest BCUT2D eigenvalue weighted by molar-refractivity contribution is 5.96. The Morgan fingerprint density at radius 3 is 2.43 bits per heavy atom. The molecule has 0 aliphatic heterocycles. The van der Waals surface area contributed by atoms with Gasteiger partial charge in [-0.05, 0) is 31.5 Å². The molecule has 3 aromatic rings. The molecule has 1 atom stereocenters. The minimum atomic E-state index is -1.03. The summed E-state index contributed by atoms with van der Waals surface area (Å²) in [5.41, 5.74) is 1.28. The van der Waals surface area contributed by atoms with Crippen LogP contribution in [0.25, 0.3) is 11.1 Å². The largest absolute Gasteiger partial charge is 0.439 e. The van der Waals surface area contributed by atoms with Crippen LogP contribution in [-0.2, 0) is 10.2 Å². The Hall–Kier alpha value is -2.93. The third-order valence-corrected chi connectivity index (χ3v) is 4.06. The molecule has 0 amide bonds. The van der Waals surface area contributed by atoms with Crippen molar-refractivity contribution in [2.75, 3.05) is 0 Å². The van der Waals surface area contributed by atoms with Crippen LogP contribution in [0, 0.1) is 11.3 Å². The van der Waals surface area contributed by atoms with Gasteiger partial charge in [0.25, 0.3) is 0 Å². The summed E-state index contributed by atoms with van der Waals surface area (Å²) >= 11 is 0. The van der Waals surface area contributed by atoms with Crippen LogP contribution in [0.15, 0.2) is 59.0 Å². The van der Waals surface area contributed by atoms with Crippen molar-refractivity contribution in [2.45, 2.75) is 25.2 Å². The van der Waals surface area contributed by atoms with E-state index in [9.17, 15) is 10.1 Å². The lowest BCUT2D eigenvalue weighted by Gasteiger charge is -2.25. The lowest BCUT2D eigenvalue weighted by molar-refractivity contribution is -0.124. The molecule has 23 heavy (non-hydrogen) atoms. The summed E-state index contributed by atoms with van der Waals surface area (Å²) in [4.78, 5) is 17.3. The van der Waals surface area contributed by atoms with Crippen LogP contribution in [0.1, 0.15) is 31.2 Å². The molecule has 0 aliphatic rings. The first kappa shape index (κ1) is 15.0. The number of nitrogens with zero attached hydrogens (tertiary/aromatic N) is 2. The average molecular weight is 304 g/mol. The van der Waals surface area contributed by atoms with Crippen molar-refractivity contribution >= 4 is 16.9 Å². The molecule has 0 unspecified atom stereocenters. The van der Waals surface area contributed by atoms with E-state index in [-0.39, 0.29) is 11.7 Å². The van der Waals surface area contributed by atoms with E-state index in [1.165, 1.54) is 0 Å². The van der Waals surface area contributed by atoms with E-state index < -0.39 is 11.3 Å².